The van der Waals surface area contributed by atoms with Crippen LogP contribution in [0.1, 0.15) is 41.4 Å². The SMILES string of the molecule is C[C@@H](CCc1ccc(F)cc1)C1CCc2c(cn(C)c2C(=O)Nc2ccnc(Cl)c2)S(=N)(=O)N1. The second-order valence-corrected chi connectivity index (χ2v) is 10.9. The third-order valence-corrected chi connectivity index (χ3v) is 8.08. The highest BCUT2D eigenvalue weighted by Crippen LogP contribution is 2.31. The standard InChI is InChI=1S/C24H27ClFN5O2S/c1-15(3-4-16-5-7-17(26)8-6-16)20-10-9-19-21(34(27,33)30-20)14-31(2)23(19)24(32)29-18-11-12-28-22(25)13-18/h5-8,11-15,20H,3-4,9-10H2,1-2H3,(H2,27,30,33)(H,28,29,32)/t15-,20?,34?/m0/s1. The van der Waals surface area contributed by atoms with Gasteiger partial charge in [-0.2, -0.15) is 0 Å². The Kier molecular flexibility index (Phi) is 7.06. The maximum atomic E-state index is 13.4. The van der Waals surface area contributed by atoms with E-state index in [1.807, 2.05) is 0 Å². The van der Waals surface area contributed by atoms with Gasteiger partial charge in [0.05, 0.1) is 4.90 Å². The molecular formula is C24H27ClFN5O2S. The Morgan fingerprint density at radius 3 is 2.82 bits per heavy atom. The Hall–Kier alpha value is -2.75. The third-order valence-electron chi connectivity index (χ3n) is 6.27. The van der Waals surface area contributed by atoms with Crippen LogP contribution in [-0.4, -0.2) is 25.7 Å². The first-order valence-electron chi connectivity index (χ1n) is 11.1. The first-order chi connectivity index (χ1) is 16.1. The molecule has 4 rings (SSSR count). The lowest BCUT2D eigenvalue weighted by molar-refractivity contribution is 0.101. The molecule has 0 radical (unpaired) electrons. The van der Waals surface area contributed by atoms with Gasteiger partial charge in [0.2, 0.25) is 0 Å². The molecule has 1 aliphatic heterocycles. The van der Waals surface area contributed by atoms with Gasteiger partial charge < -0.3 is 9.88 Å². The maximum Gasteiger partial charge on any atom is 0.272 e. The molecule has 0 saturated heterocycles. The van der Waals surface area contributed by atoms with Gasteiger partial charge in [-0.15, -0.1) is 0 Å². The van der Waals surface area contributed by atoms with E-state index in [0.29, 0.717) is 34.7 Å². The second kappa shape index (κ2) is 9.85. The summed E-state index contributed by atoms with van der Waals surface area (Å²) >= 11 is 5.92. The molecule has 2 unspecified atom stereocenters. The zero-order valence-corrected chi connectivity index (χ0v) is 20.5. The van der Waals surface area contributed by atoms with Gasteiger partial charge in [0.1, 0.15) is 26.6 Å². The Balaban J connectivity index is 1.52. The molecule has 1 aliphatic rings. The zero-order valence-electron chi connectivity index (χ0n) is 19.0. The van der Waals surface area contributed by atoms with Gasteiger partial charge in [-0.3, -0.25) is 4.79 Å². The van der Waals surface area contributed by atoms with Crippen LogP contribution in [0.4, 0.5) is 10.1 Å². The van der Waals surface area contributed by atoms with Crippen molar-refractivity contribution < 1.29 is 13.4 Å². The van der Waals surface area contributed by atoms with Crippen molar-refractivity contribution in [1.82, 2.24) is 14.3 Å². The van der Waals surface area contributed by atoms with Gasteiger partial charge in [0.25, 0.3) is 5.91 Å². The lowest BCUT2D eigenvalue weighted by Gasteiger charge is -2.24. The number of halogens is 2. The number of hydrogen-bond donors (Lipinski definition) is 3. The lowest BCUT2D eigenvalue weighted by atomic mass is 9.91. The Labute approximate surface area is 203 Å². The van der Waals surface area contributed by atoms with E-state index in [-0.39, 0.29) is 28.8 Å². The molecule has 0 aliphatic carbocycles. The van der Waals surface area contributed by atoms with Crippen LogP contribution >= 0.6 is 11.6 Å². The van der Waals surface area contributed by atoms with Crippen LogP contribution in [-0.2, 0) is 29.8 Å². The van der Waals surface area contributed by atoms with Crippen LogP contribution < -0.4 is 10.0 Å². The minimum atomic E-state index is -3.31. The average molecular weight is 504 g/mol. The highest BCUT2D eigenvalue weighted by molar-refractivity contribution is 7.90. The molecule has 3 heterocycles. The molecule has 3 atom stereocenters. The summed E-state index contributed by atoms with van der Waals surface area (Å²) in [4.78, 5) is 17.4. The molecular weight excluding hydrogens is 477 g/mol. The highest BCUT2D eigenvalue weighted by atomic mass is 35.5. The Bertz CT molecular complexity index is 1310. The van der Waals surface area contributed by atoms with E-state index in [4.69, 9.17) is 16.4 Å². The first-order valence-corrected chi connectivity index (χ1v) is 13.0. The van der Waals surface area contributed by atoms with Crippen LogP contribution in [0.15, 0.2) is 53.7 Å². The molecule has 0 saturated carbocycles. The number of carbonyl (C=O) groups is 1. The zero-order chi connectivity index (χ0) is 24.5. The number of anilines is 1. The molecule has 2 aromatic heterocycles. The van der Waals surface area contributed by atoms with Crippen molar-refractivity contribution in [3.8, 4) is 0 Å². The average Bonchev–Trinajstić information content (AvgIpc) is 3.06. The minimum absolute atomic E-state index is 0.130. The summed E-state index contributed by atoms with van der Waals surface area (Å²) in [5.74, 6) is -0.490. The summed E-state index contributed by atoms with van der Waals surface area (Å²) in [7, 11) is -1.60. The predicted octanol–water partition coefficient (Wildman–Crippen LogP) is 4.96. The van der Waals surface area contributed by atoms with E-state index in [1.54, 1.807) is 42.1 Å². The summed E-state index contributed by atoms with van der Waals surface area (Å²) in [6.45, 7) is 2.06. The van der Waals surface area contributed by atoms with E-state index in [9.17, 15) is 13.4 Å². The fourth-order valence-electron chi connectivity index (χ4n) is 4.39. The number of pyridine rings is 1. The van der Waals surface area contributed by atoms with Crippen LogP contribution in [0.3, 0.4) is 0 Å². The number of hydrogen-bond acceptors (Lipinski definition) is 4. The van der Waals surface area contributed by atoms with Crippen LogP contribution in [0.25, 0.3) is 0 Å². The van der Waals surface area contributed by atoms with E-state index in [1.165, 1.54) is 18.3 Å². The monoisotopic (exact) mass is 503 g/mol. The van der Waals surface area contributed by atoms with Gasteiger partial charge in [-0.05, 0) is 61.4 Å². The fraction of sp³-hybridized carbons (Fsp3) is 0.333. The predicted molar refractivity (Wildman–Crippen MR) is 131 cm³/mol. The number of nitrogens with zero attached hydrogens (tertiary/aromatic N) is 2. The summed E-state index contributed by atoms with van der Waals surface area (Å²) in [5, 5.41) is 3.08. The number of aromatic nitrogens is 2. The molecule has 7 nitrogen and oxygen atoms in total. The van der Waals surface area contributed by atoms with Gasteiger partial charge >= 0.3 is 0 Å². The van der Waals surface area contributed by atoms with E-state index < -0.39 is 9.92 Å². The second-order valence-electron chi connectivity index (χ2n) is 8.71. The minimum Gasteiger partial charge on any atom is -0.345 e. The molecule has 180 valence electrons. The van der Waals surface area contributed by atoms with Gasteiger partial charge in [0, 0.05) is 36.7 Å². The Morgan fingerprint density at radius 1 is 1.38 bits per heavy atom. The molecule has 3 aromatic rings. The van der Waals surface area contributed by atoms with Crippen molar-refractivity contribution in [2.24, 2.45) is 13.0 Å². The molecule has 1 amide bonds. The number of fused-ring (bicyclic) bond motifs is 1. The first kappa shape index (κ1) is 24.4. The lowest BCUT2D eigenvalue weighted by Crippen LogP contribution is -2.37. The summed E-state index contributed by atoms with van der Waals surface area (Å²) in [6.07, 6.45) is 5.82. The Morgan fingerprint density at radius 2 is 2.12 bits per heavy atom. The van der Waals surface area contributed by atoms with Crippen LogP contribution in [0, 0.1) is 16.5 Å². The third kappa shape index (κ3) is 5.32. The highest BCUT2D eigenvalue weighted by Gasteiger charge is 2.32. The van der Waals surface area contributed by atoms with Crippen molar-refractivity contribution >= 4 is 33.1 Å². The normalized spacial score (nSPS) is 20.9. The fourth-order valence-corrected chi connectivity index (χ4v) is 6.32. The van der Waals surface area contributed by atoms with Crippen molar-refractivity contribution in [1.29, 1.82) is 4.78 Å². The van der Waals surface area contributed by atoms with Crippen molar-refractivity contribution in [3.05, 3.63) is 76.6 Å². The van der Waals surface area contributed by atoms with Crippen LogP contribution in [0.5, 0.6) is 0 Å². The maximum absolute atomic E-state index is 13.4. The number of aryl methyl sites for hydroxylation is 2. The van der Waals surface area contributed by atoms with Crippen molar-refractivity contribution in [2.45, 2.75) is 43.5 Å². The largest absolute Gasteiger partial charge is 0.345 e. The smallest absolute Gasteiger partial charge is 0.272 e. The van der Waals surface area contributed by atoms with Crippen molar-refractivity contribution in [2.75, 3.05) is 5.32 Å². The number of benzene rings is 1. The summed E-state index contributed by atoms with van der Waals surface area (Å²) < 4.78 is 39.8. The van der Waals surface area contributed by atoms with E-state index >= 15 is 0 Å². The summed E-state index contributed by atoms with van der Waals surface area (Å²) in [5.41, 5.74) is 2.54. The summed E-state index contributed by atoms with van der Waals surface area (Å²) in [6, 6.07) is 9.47. The molecule has 0 spiro atoms. The molecule has 10 heteroatoms. The van der Waals surface area contributed by atoms with Crippen molar-refractivity contribution in [3.63, 3.8) is 0 Å². The van der Waals surface area contributed by atoms with Gasteiger partial charge in [-0.1, -0.05) is 30.7 Å². The van der Waals surface area contributed by atoms with Crippen LogP contribution in [0.2, 0.25) is 5.15 Å². The van der Waals surface area contributed by atoms with E-state index in [2.05, 4.69) is 21.9 Å². The van der Waals surface area contributed by atoms with Gasteiger partial charge in [0.15, 0.2) is 0 Å². The molecule has 0 fully saturated rings. The topological polar surface area (TPSA) is 99.9 Å². The van der Waals surface area contributed by atoms with E-state index in [0.717, 1.165) is 18.4 Å². The van der Waals surface area contributed by atoms with Gasteiger partial charge in [-0.25, -0.2) is 23.1 Å². The molecule has 1 aromatic carbocycles. The molecule has 0 bridgehead atoms. The molecule has 34 heavy (non-hydrogen) atoms. The molecule has 3 N–H and O–H groups in total. The number of amides is 1. The number of carbonyl (C=O) groups excluding carboxylic acids is 1. The number of nitrogens with one attached hydrogen (secondary N) is 3. The number of rotatable bonds is 6. The quantitative estimate of drug-likeness (QED) is 0.414.